The Morgan fingerprint density at radius 2 is 2.09 bits per heavy atom. The van der Waals surface area contributed by atoms with Crippen molar-refractivity contribution in [1.82, 2.24) is 0 Å². The van der Waals surface area contributed by atoms with Crippen LogP contribution in [-0.2, 0) is 14.3 Å². The zero-order valence-corrected chi connectivity index (χ0v) is 13.3. The van der Waals surface area contributed by atoms with E-state index < -0.39 is 0 Å². The molecule has 1 aliphatic rings. The van der Waals surface area contributed by atoms with Crippen LogP contribution >= 0.6 is 0 Å². The second kappa shape index (κ2) is 6.96. The van der Waals surface area contributed by atoms with Crippen LogP contribution in [0, 0.1) is 11.7 Å². The molecule has 0 bridgehead atoms. The second-order valence-electron chi connectivity index (χ2n) is 5.45. The fourth-order valence-electron chi connectivity index (χ4n) is 2.99. The van der Waals surface area contributed by atoms with Gasteiger partial charge in [-0.3, -0.25) is 4.79 Å². The Labute approximate surface area is 130 Å². The summed E-state index contributed by atoms with van der Waals surface area (Å²) in [5.74, 6) is -0.141. The molecule has 0 aliphatic carbocycles. The molecule has 122 valence electrons. The minimum Gasteiger partial charge on any atom is -0.497 e. The summed E-state index contributed by atoms with van der Waals surface area (Å²) in [4.78, 5) is 13.5. The van der Waals surface area contributed by atoms with Gasteiger partial charge in [-0.05, 0) is 12.1 Å². The van der Waals surface area contributed by atoms with Gasteiger partial charge in [0.15, 0.2) is 0 Å². The number of anilines is 1. The van der Waals surface area contributed by atoms with Gasteiger partial charge < -0.3 is 19.1 Å². The Morgan fingerprint density at radius 1 is 1.36 bits per heavy atom. The Morgan fingerprint density at radius 3 is 2.64 bits per heavy atom. The third-order valence-electron chi connectivity index (χ3n) is 4.34. The van der Waals surface area contributed by atoms with Crippen LogP contribution in [-0.4, -0.2) is 46.0 Å². The molecule has 1 fully saturated rings. The fourth-order valence-corrected chi connectivity index (χ4v) is 2.99. The van der Waals surface area contributed by atoms with Crippen LogP contribution in [0.15, 0.2) is 18.2 Å². The maximum Gasteiger partial charge on any atom is 0.307 e. The van der Waals surface area contributed by atoms with Crippen LogP contribution in [0.3, 0.4) is 0 Å². The van der Waals surface area contributed by atoms with E-state index in [0.29, 0.717) is 18.0 Å². The molecular formula is C16H22FNO4. The maximum absolute atomic E-state index is 14.4. The van der Waals surface area contributed by atoms with Crippen molar-refractivity contribution in [2.24, 2.45) is 5.92 Å². The van der Waals surface area contributed by atoms with Crippen molar-refractivity contribution >= 4 is 11.7 Å². The molecule has 0 spiro atoms. The van der Waals surface area contributed by atoms with Gasteiger partial charge in [-0.15, -0.1) is 0 Å². The maximum atomic E-state index is 14.4. The van der Waals surface area contributed by atoms with Crippen LogP contribution in [0.25, 0.3) is 0 Å². The highest BCUT2D eigenvalue weighted by Gasteiger charge is 2.41. The third-order valence-corrected chi connectivity index (χ3v) is 4.34. The highest BCUT2D eigenvalue weighted by atomic mass is 19.1. The molecule has 0 N–H and O–H groups in total. The normalized spacial score (nSPS) is 24.4. The van der Waals surface area contributed by atoms with E-state index in [0.717, 1.165) is 0 Å². The Hall–Kier alpha value is -1.82. The zero-order chi connectivity index (χ0) is 16.3. The van der Waals surface area contributed by atoms with E-state index in [-0.39, 0.29) is 36.3 Å². The quantitative estimate of drug-likeness (QED) is 0.781. The average molecular weight is 311 g/mol. The lowest BCUT2D eigenvalue weighted by molar-refractivity contribution is -0.141. The van der Waals surface area contributed by atoms with Gasteiger partial charge in [-0.25, -0.2) is 4.39 Å². The fraction of sp³-hybridized carbons (Fsp3) is 0.562. The van der Waals surface area contributed by atoms with Gasteiger partial charge in [-0.2, -0.15) is 0 Å². The summed E-state index contributed by atoms with van der Waals surface area (Å²) in [5, 5.41) is 0. The highest BCUT2D eigenvalue weighted by Crippen LogP contribution is 2.35. The number of halogens is 1. The molecule has 1 heterocycles. The van der Waals surface area contributed by atoms with E-state index in [1.165, 1.54) is 20.3 Å². The van der Waals surface area contributed by atoms with E-state index in [1.807, 2.05) is 11.8 Å². The van der Waals surface area contributed by atoms with Gasteiger partial charge in [-0.1, -0.05) is 6.92 Å². The largest absolute Gasteiger partial charge is 0.497 e. The molecular weight excluding hydrogens is 289 g/mol. The first-order chi connectivity index (χ1) is 10.5. The zero-order valence-electron chi connectivity index (χ0n) is 13.3. The van der Waals surface area contributed by atoms with E-state index in [1.54, 1.807) is 19.2 Å². The Balaban J connectivity index is 2.31. The molecule has 22 heavy (non-hydrogen) atoms. The number of nitrogens with zero attached hydrogens (tertiary/aromatic N) is 1. The summed E-state index contributed by atoms with van der Waals surface area (Å²) < 4.78 is 29.6. The highest BCUT2D eigenvalue weighted by molar-refractivity contribution is 5.71. The number of hydrogen-bond acceptors (Lipinski definition) is 5. The molecule has 1 aromatic rings. The third kappa shape index (κ3) is 3.16. The van der Waals surface area contributed by atoms with Crippen molar-refractivity contribution in [3.8, 4) is 5.75 Å². The first kappa shape index (κ1) is 16.5. The smallest absolute Gasteiger partial charge is 0.307 e. The number of methoxy groups -OCH3 is 3. The predicted molar refractivity (Wildman–Crippen MR) is 80.7 cm³/mol. The molecule has 0 saturated carbocycles. The minimum absolute atomic E-state index is 0.0591. The molecule has 5 nitrogen and oxygen atoms in total. The molecule has 6 heteroatoms. The van der Waals surface area contributed by atoms with Crippen molar-refractivity contribution in [2.45, 2.75) is 25.5 Å². The molecule has 0 unspecified atom stereocenters. The van der Waals surface area contributed by atoms with Crippen molar-refractivity contribution in [3.63, 3.8) is 0 Å². The second-order valence-corrected chi connectivity index (χ2v) is 5.45. The van der Waals surface area contributed by atoms with Gasteiger partial charge in [0.25, 0.3) is 0 Å². The van der Waals surface area contributed by atoms with Gasteiger partial charge >= 0.3 is 5.97 Å². The van der Waals surface area contributed by atoms with Crippen LogP contribution in [0.5, 0.6) is 5.75 Å². The molecule has 3 atom stereocenters. The van der Waals surface area contributed by atoms with Crippen molar-refractivity contribution in [3.05, 3.63) is 24.0 Å². The van der Waals surface area contributed by atoms with E-state index in [2.05, 4.69) is 0 Å². The summed E-state index contributed by atoms with van der Waals surface area (Å²) in [6.45, 7) is 2.53. The number of carbonyl (C=O) groups excluding carboxylic acids is 1. The van der Waals surface area contributed by atoms with Gasteiger partial charge in [0, 0.05) is 31.7 Å². The average Bonchev–Trinajstić information content (AvgIpc) is 2.83. The minimum atomic E-state index is -0.377. The van der Waals surface area contributed by atoms with Crippen molar-refractivity contribution in [2.75, 3.05) is 32.8 Å². The van der Waals surface area contributed by atoms with E-state index in [4.69, 9.17) is 14.2 Å². The van der Waals surface area contributed by atoms with Crippen LogP contribution in [0.4, 0.5) is 10.1 Å². The van der Waals surface area contributed by atoms with Crippen molar-refractivity contribution < 1.29 is 23.4 Å². The first-order valence-electron chi connectivity index (χ1n) is 7.21. The van der Waals surface area contributed by atoms with Gasteiger partial charge in [0.05, 0.1) is 32.4 Å². The van der Waals surface area contributed by atoms with E-state index in [9.17, 15) is 9.18 Å². The lowest BCUT2D eigenvalue weighted by atomic mass is 9.97. The molecule has 0 radical (unpaired) electrons. The SMILES string of the molecule is COC(=O)C[C@H]1[C@H](C)[C@@H](OC)CN1c1ccc(OC)cc1F. The van der Waals surface area contributed by atoms with Crippen LogP contribution in [0.2, 0.25) is 0 Å². The van der Waals surface area contributed by atoms with Gasteiger partial charge in [0.1, 0.15) is 11.6 Å². The van der Waals surface area contributed by atoms with Gasteiger partial charge in [0.2, 0.25) is 0 Å². The molecule has 0 aromatic heterocycles. The van der Waals surface area contributed by atoms with E-state index >= 15 is 0 Å². The lowest BCUT2D eigenvalue weighted by Gasteiger charge is -2.28. The molecule has 2 rings (SSSR count). The topological polar surface area (TPSA) is 48.0 Å². The Kier molecular flexibility index (Phi) is 5.24. The summed E-state index contributed by atoms with van der Waals surface area (Å²) >= 11 is 0. The summed E-state index contributed by atoms with van der Waals surface area (Å²) in [6.07, 6.45) is 0.138. The summed E-state index contributed by atoms with van der Waals surface area (Å²) in [7, 11) is 4.48. The number of ether oxygens (including phenoxy) is 3. The first-order valence-corrected chi connectivity index (χ1v) is 7.21. The predicted octanol–water partition coefficient (Wildman–Crippen LogP) is 2.24. The Bertz CT molecular complexity index is 537. The standard InChI is InChI=1S/C16H22FNO4/c1-10-14(8-16(19)22-4)18(9-15(10)21-3)13-6-5-11(20-2)7-12(13)17/h5-7,10,14-15H,8-9H2,1-4H3/t10-,14-,15-/m0/s1. The summed E-state index contributed by atoms with van der Waals surface area (Å²) in [5.41, 5.74) is 0.445. The summed E-state index contributed by atoms with van der Waals surface area (Å²) in [6, 6.07) is 4.55. The van der Waals surface area contributed by atoms with Crippen LogP contribution in [0.1, 0.15) is 13.3 Å². The molecule has 1 aromatic carbocycles. The molecule has 0 amide bonds. The number of hydrogen-bond donors (Lipinski definition) is 0. The number of rotatable bonds is 5. The van der Waals surface area contributed by atoms with Crippen LogP contribution < -0.4 is 9.64 Å². The molecule has 1 saturated heterocycles. The lowest BCUT2D eigenvalue weighted by Crippen LogP contribution is -2.35. The number of benzene rings is 1. The van der Waals surface area contributed by atoms with Crippen molar-refractivity contribution in [1.29, 1.82) is 0 Å². The number of esters is 1. The monoisotopic (exact) mass is 311 g/mol. The molecule has 1 aliphatic heterocycles. The number of carbonyl (C=O) groups is 1.